The van der Waals surface area contributed by atoms with Crippen molar-refractivity contribution < 1.29 is 18.0 Å². The van der Waals surface area contributed by atoms with Crippen LogP contribution in [-0.4, -0.2) is 23.6 Å². The molecule has 3 N–H and O–H groups in total. The van der Waals surface area contributed by atoms with Crippen molar-refractivity contribution in [1.29, 1.82) is 0 Å². The third-order valence-corrected chi connectivity index (χ3v) is 2.99. The summed E-state index contributed by atoms with van der Waals surface area (Å²) in [6.07, 6.45) is -3.01. The number of nitrogens with one attached hydrogen (secondary N) is 1. The molecule has 1 rings (SSSR count). The number of nitrogens with two attached hydrogens (primary N) is 1. The van der Waals surface area contributed by atoms with Gasteiger partial charge in [0.1, 0.15) is 10.5 Å². The first kappa shape index (κ1) is 12.9. The molecule has 4 nitrogen and oxygen atoms in total. The van der Waals surface area contributed by atoms with Gasteiger partial charge < -0.3 is 5.73 Å². The molecule has 0 radical (unpaired) electrons. The Morgan fingerprint density at radius 3 is 2.62 bits per heavy atom. The van der Waals surface area contributed by atoms with Gasteiger partial charge in [-0.3, -0.25) is 10.1 Å². The molecule has 1 atom stereocenters. The topological polar surface area (TPSA) is 68.0 Å². The zero-order valence-electron chi connectivity index (χ0n) is 8.34. The summed E-state index contributed by atoms with van der Waals surface area (Å²) in [5, 5.41) is 3.86. The highest BCUT2D eigenvalue weighted by atomic mass is 32.1. The van der Waals surface area contributed by atoms with E-state index in [1.54, 1.807) is 5.38 Å². The Morgan fingerprint density at radius 2 is 2.25 bits per heavy atom. The van der Waals surface area contributed by atoms with Gasteiger partial charge in [0.05, 0.1) is 6.54 Å². The minimum absolute atomic E-state index is 0.212. The lowest BCUT2D eigenvalue weighted by atomic mass is 10.0. The minimum Gasteiger partial charge on any atom is -0.368 e. The van der Waals surface area contributed by atoms with Crippen LogP contribution in [0.3, 0.4) is 0 Å². The van der Waals surface area contributed by atoms with E-state index in [-0.39, 0.29) is 5.01 Å². The fourth-order valence-corrected chi connectivity index (χ4v) is 1.80. The molecular weight excluding hydrogens is 243 g/mol. The van der Waals surface area contributed by atoms with Crippen molar-refractivity contribution >= 4 is 17.2 Å². The molecule has 0 saturated heterocycles. The van der Waals surface area contributed by atoms with Crippen LogP contribution in [0.25, 0.3) is 0 Å². The maximum absolute atomic E-state index is 12.1. The van der Waals surface area contributed by atoms with Gasteiger partial charge in [0.2, 0.25) is 5.91 Å². The number of nitrogens with zero attached hydrogens (tertiary/aromatic N) is 1. The van der Waals surface area contributed by atoms with Crippen LogP contribution in [0.1, 0.15) is 11.9 Å². The smallest absolute Gasteiger partial charge is 0.368 e. The highest BCUT2D eigenvalue weighted by Gasteiger charge is 2.39. The van der Waals surface area contributed by atoms with Crippen LogP contribution >= 0.6 is 11.3 Å². The summed E-state index contributed by atoms with van der Waals surface area (Å²) in [6, 6.07) is 0. The Balaban J connectivity index is 2.87. The average molecular weight is 253 g/mol. The molecule has 0 aliphatic carbocycles. The number of carbonyl (C=O) groups excluding carboxylic acids is 1. The van der Waals surface area contributed by atoms with Crippen molar-refractivity contribution in [3.8, 4) is 0 Å². The van der Waals surface area contributed by atoms with Crippen LogP contribution in [0.5, 0.6) is 0 Å². The fraction of sp³-hybridized carbons (Fsp3) is 0.500. The van der Waals surface area contributed by atoms with Crippen molar-refractivity contribution in [2.45, 2.75) is 18.6 Å². The molecule has 0 bridgehead atoms. The second kappa shape index (κ2) is 4.38. The average Bonchev–Trinajstić information content (AvgIpc) is 2.65. The van der Waals surface area contributed by atoms with Gasteiger partial charge in [0.25, 0.3) is 0 Å². The molecule has 0 aromatic carbocycles. The van der Waals surface area contributed by atoms with Crippen LogP contribution in [0.15, 0.2) is 11.6 Å². The number of amides is 1. The number of primary amides is 1. The van der Waals surface area contributed by atoms with E-state index in [1.165, 1.54) is 13.1 Å². The quantitative estimate of drug-likeness (QED) is 0.841. The molecule has 90 valence electrons. The number of hydrogen-bond donors (Lipinski definition) is 2. The molecule has 1 amide bonds. The summed E-state index contributed by atoms with van der Waals surface area (Å²) in [5.41, 5.74) is 3.50. The van der Waals surface area contributed by atoms with Gasteiger partial charge in [0, 0.05) is 11.6 Å². The Labute approximate surface area is 93.7 Å². The fourth-order valence-electron chi connectivity index (χ4n) is 1.02. The summed E-state index contributed by atoms with van der Waals surface area (Å²) in [4.78, 5) is 15.0. The molecule has 0 aliphatic rings. The lowest BCUT2D eigenvalue weighted by Crippen LogP contribution is -2.52. The van der Waals surface area contributed by atoms with E-state index in [2.05, 4.69) is 10.3 Å². The van der Waals surface area contributed by atoms with Crippen molar-refractivity contribution in [3.05, 3.63) is 16.6 Å². The molecule has 0 saturated carbocycles. The lowest BCUT2D eigenvalue weighted by Gasteiger charge is -2.25. The molecule has 1 aromatic rings. The summed E-state index contributed by atoms with van der Waals surface area (Å²) in [6.45, 7) is -0.0219. The molecule has 1 heterocycles. The summed E-state index contributed by atoms with van der Waals surface area (Å²) < 4.78 is 36.2. The number of rotatable bonds is 4. The predicted octanol–water partition coefficient (Wildman–Crippen LogP) is 0.995. The van der Waals surface area contributed by atoms with Gasteiger partial charge in [-0.2, -0.15) is 13.2 Å². The Morgan fingerprint density at radius 1 is 1.62 bits per heavy atom. The van der Waals surface area contributed by atoms with Crippen LogP contribution in [-0.2, 0) is 10.3 Å². The van der Waals surface area contributed by atoms with Gasteiger partial charge in [0.15, 0.2) is 0 Å². The molecule has 1 aromatic heterocycles. The second-order valence-corrected chi connectivity index (χ2v) is 4.19. The van der Waals surface area contributed by atoms with Gasteiger partial charge in [-0.25, -0.2) is 4.98 Å². The van der Waals surface area contributed by atoms with E-state index in [0.29, 0.717) is 0 Å². The number of carbonyl (C=O) groups is 1. The molecule has 16 heavy (non-hydrogen) atoms. The maximum Gasteiger partial charge on any atom is 0.401 e. The first-order valence-electron chi connectivity index (χ1n) is 4.27. The van der Waals surface area contributed by atoms with Crippen molar-refractivity contribution in [2.24, 2.45) is 5.73 Å². The highest BCUT2D eigenvalue weighted by molar-refractivity contribution is 7.09. The van der Waals surface area contributed by atoms with Crippen LogP contribution in [0.4, 0.5) is 13.2 Å². The van der Waals surface area contributed by atoms with E-state index in [1.807, 2.05) is 0 Å². The predicted molar refractivity (Wildman–Crippen MR) is 52.7 cm³/mol. The Bertz CT molecular complexity index is 365. The standard InChI is InChI=1S/C8H10F3N3OS/c1-7(5(12)15,6-13-2-3-16-6)14-4-8(9,10)11/h2-3,14H,4H2,1H3,(H2,12,15). The van der Waals surface area contributed by atoms with Crippen LogP contribution in [0, 0.1) is 0 Å². The SMILES string of the molecule is CC(NCC(F)(F)F)(C(N)=O)c1nccs1. The van der Waals surface area contributed by atoms with Crippen LogP contribution < -0.4 is 11.1 Å². The first-order chi connectivity index (χ1) is 7.26. The third-order valence-electron chi connectivity index (χ3n) is 2.00. The number of alkyl halides is 3. The zero-order valence-corrected chi connectivity index (χ0v) is 9.15. The van der Waals surface area contributed by atoms with Crippen molar-refractivity contribution in [3.63, 3.8) is 0 Å². The van der Waals surface area contributed by atoms with E-state index < -0.39 is 24.2 Å². The summed E-state index contributed by atoms with van der Waals surface area (Å²) >= 11 is 1.07. The minimum atomic E-state index is -4.41. The number of thiazole rings is 1. The molecule has 0 spiro atoms. The highest BCUT2D eigenvalue weighted by Crippen LogP contribution is 2.24. The van der Waals surface area contributed by atoms with E-state index in [9.17, 15) is 18.0 Å². The molecule has 8 heteroatoms. The van der Waals surface area contributed by atoms with Gasteiger partial charge in [-0.15, -0.1) is 11.3 Å². The molecular formula is C8H10F3N3OS. The summed E-state index contributed by atoms with van der Waals surface area (Å²) in [7, 11) is 0. The molecule has 1 unspecified atom stereocenters. The van der Waals surface area contributed by atoms with Gasteiger partial charge in [-0.1, -0.05) is 0 Å². The van der Waals surface area contributed by atoms with E-state index in [0.717, 1.165) is 11.3 Å². The van der Waals surface area contributed by atoms with E-state index >= 15 is 0 Å². The Hall–Kier alpha value is -1.15. The third kappa shape index (κ3) is 2.92. The summed E-state index contributed by atoms with van der Waals surface area (Å²) in [5.74, 6) is -0.897. The largest absolute Gasteiger partial charge is 0.401 e. The molecule has 0 aliphatic heterocycles. The van der Waals surface area contributed by atoms with Gasteiger partial charge >= 0.3 is 6.18 Å². The maximum atomic E-state index is 12.1. The van der Waals surface area contributed by atoms with Crippen LogP contribution in [0.2, 0.25) is 0 Å². The Kier molecular flexibility index (Phi) is 3.54. The zero-order chi connectivity index (χ0) is 12.4. The second-order valence-electron chi connectivity index (χ2n) is 3.30. The van der Waals surface area contributed by atoms with Gasteiger partial charge in [-0.05, 0) is 6.92 Å². The number of aromatic nitrogens is 1. The lowest BCUT2D eigenvalue weighted by molar-refractivity contribution is -0.135. The van der Waals surface area contributed by atoms with Crippen molar-refractivity contribution in [2.75, 3.05) is 6.54 Å². The first-order valence-corrected chi connectivity index (χ1v) is 5.15. The monoisotopic (exact) mass is 253 g/mol. The van der Waals surface area contributed by atoms with Crippen molar-refractivity contribution in [1.82, 2.24) is 10.3 Å². The van der Waals surface area contributed by atoms with E-state index in [4.69, 9.17) is 5.73 Å². The normalized spacial score (nSPS) is 15.8. The number of halogens is 3. The molecule has 0 fully saturated rings. The number of hydrogen-bond acceptors (Lipinski definition) is 4.